The normalized spacial score (nSPS) is 13.8. The van der Waals surface area contributed by atoms with E-state index in [0.29, 0.717) is 0 Å². The van der Waals surface area contributed by atoms with Gasteiger partial charge in [0.1, 0.15) is 0 Å². The van der Waals surface area contributed by atoms with Gasteiger partial charge in [0.15, 0.2) is 0 Å². The van der Waals surface area contributed by atoms with Crippen molar-refractivity contribution in [3.8, 4) is 0 Å². The van der Waals surface area contributed by atoms with Crippen LogP contribution in [-0.2, 0) is 13.1 Å². The summed E-state index contributed by atoms with van der Waals surface area (Å²) in [6.45, 7) is 18.9. The van der Waals surface area contributed by atoms with Crippen LogP contribution in [0.2, 0.25) is 0 Å². The first kappa shape index (κ1) is 31.5. The minimum atomic E-state index is -0.00524. The van der Waals surface area contributed by atoms with Crippen LogP contribution in [0.5, 0.6) is 0 Å². The Balaban J connectivity index is 0.000000323. The zero-order chi connectivity index (χ0) is 26.8. The van der Waals surface area contributed by atoms with Gasteiger partial charge in [0.25, 0.3) is 0 Å². The molecule has 7 heteroatoms. The number of imidazole rings is 1. The number of aromatic nitrogens is 3. The van der Waals surface area contributed by atoms with Crippen molar-refractivity contribution < 1.29 is 0 Å². The lowest BCUT2D eigenvalue weighted by Gasteiger charge is -2.32. The monoisotopic (exact) mass is 498 g/mol. The maximum absolute atomic E-state index is 11.8. The van der Waals surface area contributed by atoms with Gasteiger partial charge < -0.3 is 14.8 Å². The summed E-state index contributed by atoms with van der Waals surface area (Å²) in [5.41, 5.74) is 3.28. The maximum Gasteiger partial charge on any atom is 0.326 e. The summed E-state index contributed by atoms with van der Waals surface area (Å²) >= 11 is 0. The van der Waals surface area contributed by atoms with Gasteiger partial charge in [-0.1, -0.05) is 46.8 Å². The SMILES string of the molecule is CC.CC.CCCN(C)CCCn1c(=O)[nH]c2ccccc21.CN1CCN(Cc2ccncc2)CC1. The predicted octanol–water partition coefficient (Wildman–Crippen LogP) is 4.94. The number of aromatic amines is 1. The lowest BCUT2D eigenvalue weighted by atomic mass is 10.2. The summed E-state index contributed by atoms with van der Waals surface area (Å²) in [6, 6.07) is 12.0. The Morgan fingerprint density at radius 3 is 2.22 bits per heavy atom. The molecule has 1 fully saturated rings. The van der Waals surface area contributed by atoms with Gasteiger partial charge >= 0.3 is 5.69 Å². The second kappa shape index (κ2) is 18.7. The average molecular weight is 499 g/mol. The first-order chi connectivity index (χ1) is 17.6. The highest BCUT2D eigenvalue weighted by molar-refractivity contribution is 5.74. The second-order valence-electron chi connectivity index (χ2n) is 8.69. The van der Waals surface area contributed by atoms with Crippen molar-refractivity contribution in [2.24, 2.45) is 0 Å². The smallest absolute Gasteiger partial charge is 0.306 e. The van der Waals surface area contributed by atoms with Crippen molar-refractivity contribution in [3.05, 3.63) is 64.8 Å². The lowest BCUT2D eigenvalue weighted by Crippen LogP contribution is -2.43. The van der Waals surface area contributed by atoms with E-state index in [9.17, 15) is 4.79 Å². The van der Waals surface area contributed by atoms with Crippen molar-refractivity contribution in [3.63, 3.8) is 0 Å². The molecule has 0 saturated carbocycles. The zero-order valence-electron chi connectivity index (χ0n) is 23.8. The molecule has 1 saturated heterocycles. The molecular formula is C29H50N6O. The van der Waals surface area contributed by atoms with Gasteiger partial charge in [-0.15, -0.1) is 0 Å². The third-order valence-electron chi connectivity index (χ3n) is 5.96. The van der Waals surface area contributed by atoms with Crippen LogP contribution in [0.25, 0.3) is 11.0 Å². The Bertz CT molecular complexity index is 976. The molecule has 1 aromatic carbocycles. The first-order valence-corrected chi connectivity index (χ1v) is 13.7. The van der Waals surface area contributed by atoms with Gasteiger partial charge in [-0.25, -0.2) is 4.79 Å². The minimum absolute atomic E-state index is 0.00524. The Hall–Kier alpha value is -2.48. The van der Waals surface area contributed by atoms with E-state index in [1.807, 2.05) is 68.9 Å². The van der Waals surface area contributed by atoms with E-state index in [4.69, 9.17) is 0 Å². The summed E-state index contributed by atoms with van der Waals surface area (Å²) < 4.78 is 1.83. The summed E-state index contributed by atoms with van der Waals surface area (Å²) in [4.78, 5) is 25.9. The Labute approximate surface area is 219 Å². The van der Waals surface area contributed by atoms with E-state index in [2.05, 4.69) is 57.8 Å². The van der Waals surface area contributed by atoms with Crippen molar-refractivity contribution in [1.82, 2.24) is 29.2 Å². The summed E-state index contributed by atoms with van der Waals surface area (Å²) in [6.07, 6.45) is 5.90. The maximum atomic E-state index is 11.8. The Morgan fingerprint density at radius 1 is 0.944 bits per heavy atom. The highest BCUT2D eigenvalue weighted by Crippen LogP contribution is 2.09. The predicted molar refractivity (Wildman–Crippen MR) is 155 cm³/mol. The number of hydrogen-bond acceptors (Lipinski definition) is 5. The number of hydrogen-bond donors (Lipinski definition) is 1. The van der Waals surface area contributed by atoms with E-state index in [1.165, 1.54) is 38.2 Å². The van der Waals surface area contributed by atoms with Crippen molar-refractivity contribution >= 4 is 11.0 Å². The molecule has 0 atom stereocenters. The Morgan fingerprint density at radius 2 is 1.58 bits per heavy atom. The number of piperazine rings is 1. The molecule has 4 rings (SSSR count). The molecule has 0 spiro atoms. The van der Waals surface area contributed by atoms with Gasteiger partial charge in [-0.3, -0.25) is 14.5 Å². The molecule has 1 aliphatic heterocycles. The third-order valence-corrected chi connectivity index (χ3v) is 5.96. The quantitative estimate of drug-likeness (QED) is 0.477. The number of para-hydroxylation sites is 2. The fourth-order valence-electron chi connectivity index (χ4n) is 4.07. The van der Waals surface area contributed by atoms with Crippen LogP contribution in [0, 0.1) is 0 Å². The third kappa shape index (κ3) is 11.1. The number of likely N-dealkylation sites (N-methyl/N-ethyl adjacent to an activating group) is 1. The molecule has 0 amide bonds. The topological polar surface area (TPSA) is 60.4 Å². The average Bonchev–Trinajstić information content (AvgIpc) is 3.24. The molecule has 0 aliphatic carbocycles. The van der Waals surface area contributed by atoms with Gasteiger partial charge in [0, 0.05) is 51.7 Å². The number of aryl methyl sites for hydroxylation is 1. The van der Waals surface area contributed by atoms with Gasteiger partial charge in [-0.2, -0.15) is 0 Å². The molecule has 3 aromatic rings. The van der Waals surface area contributed by atoms with E-state index >= 15 is 0 Å². The van der Waals surface area contributed by atoms with Crippen LogP contribution in [-0.4, -0.2) is 82.6 Å². The second-order valence-corrected chi connectivity index (χ2v) is 8.69. The van der Waals surface area contributed by atoms with Crippen LogP contribution in [0.3, 0.4) is 0 Å². The van der Waals surface area contributed by atoms with Gasteiger partial charge in [0.05, 0.1) is 11.0 Å². The number of nitrogens with zero attached hydrogens (tertiary/aromatic N) is 5. The molecule has 36 heavy (non-hydrogen) atoms. The summed E-state index contributed by atoms with van der Waals surface area (Å²) in [5.74, 6) is 0. The largest absolute Gasteiger partial charge is 0.326 e. The van der Waals surface area contributed by atoms with Crippen molar-refractivity contribution in [1.29, 1.82) is 0 Å². The number of benzene rings is 1. The molecule has 0 bridgehead atoms. The van der Waals surface area contributed by atoms with E-state index < -0.39 is 0 Å². The molecule has 3 heterocycles. The van der Waals surface area contributed by atoms with Crippen molar-refractivity contribution in [2.45, 2.75) is 60.5 Å². The van der Waals surface area contributed by atoms with Crippen molar-refractivity contribution in [2.75, 3.05) is 53.4 Å². The molecule has 1 N–H and O–H groups in total. The molecule has 0 radical (unpaired) electrons. The number of nitrogens with one attached hydrogen (secondary N) is 1. The molecule has 202 valence electrons. The number of fused-ring (bicyclic) bond motifs is 1. The van der Waals surface area contributed by atoms with Crippen LogP contribution >= 0.6 is 0 Å². The molecule has 2 aromatic heterocycles. The van der Waals surface area contributed by atoms with Crippen LogP contribution in [0.4, 0.5) is 0 Å². The fourth-order valence-corrected chi connectivity index (χ4v) is 4.07. The van der Waals surface area contributed by atoms with Crippen LogP contribution < -0.4 is 5.69 Å². The lowest BCUT2D eigenvalue weighted by molar-refractivity contribution is 0.148. The highest BCUT2D eigenvalue weighted by Gasteiger charge is 2.13. The fraction of sp³-hybridized carbons (Fsp3) is 0.586. The highest BCUT2D eigenvalue weighted by atomic mass is 16.1. The standard InChI is InChI=1S/C14H21N3O.C11H17N3.2C2H6/c1-3-9-16(2)10-6-11-17-13-8-5-4-7-12(13)15-14(17)18;1-13-6-8-14(9-7-13)10-11-2-4-12-5-3-11;2*1-2/h4-5,7-8H,3,6,9-11H2,1-2H3,(H,15,18);2-5H,6-10H2,1H3;2*1-2H3. The molecular weight excluding hydrogens is 448 g/mol. The van der Waals surface area contributed by atoms with Crippen LogP contribution in [0.15, 0.2) is 53.6 Å². The summed E-state index contributed by atoms with van der Waals surface area (Å²) in [7, 11) is 4.31. The van der Waals surface area contributed by atoms with Gasteiger partial charge in [0.2, 0.25) is 0 Å². The van der Waals surface area contributed by atoms with E-state index in [-0.39, 0.29) is 5.69 Å². The number of H-pyrrole nitrogens is 1. The number of rotatable bonds is 8. The van der Waals surface area contributed by atoms with Crippen LogP contribution in [0.1, 0.15) is 53.0 Å². The van der Waals surface area contributed by atoms with Gasteiger partial charge in [-0.05, 0) is 69.9 Å². The minimum Gasteiger partial charge on any atom is -0.306 e. The van der Waals surface area contributed by atoms with E-state index in [1.54, 1.807) is 0 Å². The molecule has 7 nitrogen and oxygen atoms in total. The van der Waals surface area contributed by atoms with E-state index in [0.717, 1.165) is 43.6 Å². The molecule has 1 aliphatic rings. The Kier molecular flexibility index (Phi) is 16.4. The first-order valence-electron chi connectivity index (χ1n) is 13.7. The molecule has 0 unspecified atom stereocenters. The zero-order valence-corrected chi connectivity index (χ0v) is 23.8. The summed E-state index contributed by atoms with van der Waals surface area (Å²) in [5, 5.41) is 0. The number of pyridine rings is 1.